The van der Waals surface area contributed by atoms with Crippen LogP contribution in [0.3, 0.4) is 0 Å². The molecule has 1 N–H and O–H groups in total. The Morgan fingerprint density at radius 2 is 1.83 bits per heavy atom. The second-order valence-corrected chi connectivity index (χ2v) is 4.66. The maximum absolute atomic E-state index is 13.6. The molecule has 0 atom stereocenters. The summed E-state index contributed by atoms with van der Waals surface area (Å²) in [5, 5.41) is 17.1. The molecule has 0 bridgehead atoms. The minimum atomic E-state index is -1.53. The third-order valence-electron chi connectivity index (χ3n) is 3.18. The summed E-state index contributed by atoms with van der Waals surface area (Å²) < 4.78 is 54.3. The summed E-state index contributed by atoms with van der Waals surface area (Å²) in [7, 11) is 0. The molecule has 0 spiro atoms. The van der Waals surface area contributed by atoms with Gasteiger partial charge in [0.1, 0.15) is 6.20 Å². The van der Waals surface area contributed by atoms with Gasteiger partial charge in [0.25, 0.3) is 0 Å². The maximum atomic E-state index is 13.6. The molecular formula is C13H7F4N5O2. The quantitative estimate of drug-likeness (QED) is 0.341. The zero-order valence-corrected chi connectivity index (χ0v) is 11.6. The van der Waals surface area contributed by atoms with Crippen LogP contribution in [-0.4, -0.2) is 19.5 Å². The van der Waals surface area contributed by atoms with Crippen molar-refractivity contribution < 1.29 is 22.5 Å². The molecule has 2 heterocycles. The first-order chi connectivity index (χ1) is 11.4. The molecule has 1 aromatic carbocycles. The van der Waals surface area contributed by atoms with Crippen molar-refractivity contribution in [2.24, 2.45) is 0 Å². The van der Waals surface area contributed by atoms with Gasteiger partial charge < -0.3 is 15.4 Å². The minimum absolute atomic E-state index is 0.00734. The first kappa shape index (κ1) is 15.6. The first-order valence-corrected chi connectivity index (χ1v) is 6.43. The maximum Gasteiger partial charge on any atom is 0.368 e. The van der Waals surface area contributed by atoms with Gasteiger partial charge in [-0.3, -0.25) is 0 Å². The summed E-state index contributed by atoms with van der Waals surface area (Å²) in [4.78, 5) is 13.9. The average molecular weight is 341 g/mol. The number of nitro groups is 1. The summed E-state index contributed by atoms with van der Waals surface area (Å²) in [6, 6.07) is 2.83. The Balaban J connectivity index is 1.92. The van der Waals surface area contributed by atoms with E-state index in [-0.39, 0.29) is 17.5 Å². The number of benzene rings is 1. The number of anilines is 1. The van der Waals surface area contributed by atoms with Gasteiger partial charge in [-0.1, -0.05) is 9.61 Å². The highest BCUT2D eigenvalue weighted by atomic mass is 19.2. The molecule has 3 aromatic rings. The zero-order chi connectivity index (χ0) is 17.4. The van der Waals surface area contributed by atoms with E-state index in [1.54, 1.807) is 0 Å². The smallest absolute Gasteiger partial charge is 0.363 e. The van der Waals surface area contributed by atoms with Gasteiger partial charge in [-0.2, -0.15) is 0 Å². The van der Waals surface area contributed by atoms with Crippen molar-refractivity contribution in [2.75, 3.05) is 5.32 Å². The fourth-order valence-electron chi connectivity index (χ4n) is 2.04. The number of hydrogen-bond donors (Lipinski definition) is 1. The topological polar surface area (TPSA) is 85.4 Å². The average Bonchev–Trinajstić information content (AvgIpc) is 2.96. The largest absolute Gasteiger partial charge is 0.368 e. The molecule has 0 amide bonds. The molecule has 0 aliphatic rings. The van der Waals surface area contributed by atoms with E-state index in [1.165, 1.54) is 12.1 Å². The highest BCUT2D eigenvalue weighted by Crippen LogP contribution is 2.21. The highest BCUT2D eigenvalue weighted by Gasteiger charge is 2.20. The first-order valence-electron chi connectivity index (χ1n) is 6.43. The van der Waals surface area contributed by atoms with Crippen LogP contribution in [0, 0.1) is 33.4 Å². The molecule has 0 radical (unpaired) electrons. The lowest BCUT2D eigenvalue weighted by atomic mass is 10.2. The third-order valence-corrected chi connectivity index (χ3v) is 3.18. The van der Waals surface area contributed by atoms with Crippen molar-refractivity contribution in [3.8, 4) is 0 Å². The van der Waals surface area contributed by atoms with Crippen LogP contribution in [0.2, 0.25) is 0 Å². The van der Waals surface area contributed by atoms with Gasteiger partial charge in [0.15, 0.2) is 29.1 Å². The predicted molar refractivity (Wildman–Crippen MR) is 73.2 cm³/mol. The number of imidazole rings is 1. The third kappa shape index (κ3) is 2.59. The van der Waals surface area contributed by atoms with E-state index in [9.17, 15) is 27.7 Å². The summed E-state index contributed by atoms with van der Waals surface area (Å²) in [6.45, 7) is -0.618. The highest BCUT2D eigenvalue weighted by molar-refractivity contribution is 5.48. The summed E-state index contributed by atoms with van der Waals surface area (Å²) >= 11 is 0. The lowest BCUT2D eigenvalue weighted by Crippen LogP contribution is -2.10. The van der Waals surface area contributed by atoms with Crippen molar-refractivity contribution in [2.45, 2.75) is 6.54 Å². The number of nitrogens with zero attached hydrogens (tertiary/aromatic N) is 4. The number of aromatic nitrogens is 3. The second-order valence-electron chi connectivity index (χ2n) is 4.66. The van der Waals surface area contributed by atoms with Crippen molar-refractivity contribution >= 4 is 17.3 Å². The van der Waals surface area contributed by atoms with Crippen molar-refractivity contribution in [1.29, 1.82) is 0 Å². The van der Waals surface area contributed by atoms with Gasteiger partial charge in [-0.25, -0.2) is 22.5 Å². The van der Waals surface area contributed by atoms with Crippen molar-refractivity contribution in [3.05, 3.63) is 63.3 Å². The number of rotatable bonds is 4. The molecule has 0 saturated carbocycles. The second kappa shape index (κ2) is 5.76. The Morgan fingerprint density at radius 1 is 1.17 bits per heavy atom. The Labute approximate surface area is 130 Å². The molecule has 0 saturated heterocycles. The van der Waals surface area contributed by atoms with Crippen LogP contribution in [0.4, 0.5) is 29.2 Å². The Kier molecular flexibility index (Phi) is 3.75. The van der Waals surface area contributed by atoms with Gasteiger partial charge in [0.05, 0.1) is 0 Å². The zero-order valence-electron chi connectivity index (χ0n) is 11.6. The van der Waals surface area contributed by atoms with Crippen LogP contribution in [0.25, 0.3) is 5.65 Å². The Hall–Kier alpha value is -3.24. The monoisotopic (exact) mass is 341 g/mol. The summed E-state index contributed by atoms with van der Waals surface area (Å²) in [5.41, 5.74) is -0.670. The fourth-order valence-corrected chi connectivity index (χ4v) is 2.04. The molecule has 124 valence electrons. The van der Waals surface area contributed by atoms with Crippen LogP contribution >= 0.6 is 0 Å². The Bertz CT molecular complexity index is 933. The molecule has 0 fully saturated rings. The molecule has 0 aliphatic heterocycles. The normalized spacial score (nSPS) is 11.0. The number of halogens is 4. The Morgan fingerprint density at radius 3 is 2.46 bits per heavy atom. The van der Waals surface area contributed by atoms with Crippen molar-refractivity contribution in [3.63, 3.8) is 0 Å². The molecule has 0 aliphatic carbocycles. The molecule has 11 heteroatoms. The van der Waals surface area contributed by atoms with E-state index in [2.05, 4.69) is 15.4 Å². The van der Waals surface area contributed by atoms with Crippen LogP contribution in [0.5, 0.6) is 0 Å². The van der Waals surface area contributed by atoms with E-state index in [1.807, 2.05) is 0 Å². The van der Waals surface area contributed by atoms with Gasteiger partial charge in [-0.15, -0.1) is 0 Å². The lowest BCUT2D eigenvalue weighted by molar-refractivity contribution is -0.391. The minimum Gasteiger partial charge on any atom is -0.363 e. The lowest BCUT2D eigenvalue weighted by Gasteiger charge is -2.08. The number of nitrogens with one attached hydrogen (secondary N) is 1. The van der Waals surface area contributed by atoms with E-state index >= 15 is 0 Å². The van der Waals surface area contributed by atoms with Gasteiger partial charge in [-0.05, 0) is 11.0 Å². The van der Waals surface area contributed by atoms with Gasteiger partial charge >= 0.3 is 5.82 Å². The predicted octanol–water partition coefficient (Wildman–Crippen LogP) is 2.81. The van der Waals surface area contributed by atoms with Gasteiger partial charge in [0.2, 0.25) is 5.65 Å². The van der Waals surface area contributed by atoms with Crippen molar-refractivity contribution in [1.82, 2.24) is 14.6 Å². The fraction of sp³-hybridized carbons (Fsp3) is 0.0769. The number of fused-ring (bicyclic) bond motifs is 1. The summed E-state index contributed by atoms with van der Waals surface area (Å²) in [5.74, 6) is -6.54. The van der Waals surface area contributed by atoms with E-state index < -0.39 is 46.1 Å². The molecule has 24 heavy (non-hydrogen) atoms. The van der Waals surface area contributed by atoms with Gasteiger partial charge in [0, 0.05) is 24.2 Å². The molecular weight excluding hydrogens is 334 g/mol. The SMILES string of the molecule is O=[N+]([O-])c1cnc2ccc(NCc3c(F)c(F)cc(F)c3F)nn12. The van der Waals surface area contributed by atoms with E-state index in [0.29, 0.717) is 0 Å². The molecule has 2 aromatic heterocycles. The molecule has 0 unspecified atom stereocenters. The van der Waals surface area contributed by atoms with Crippen LogP contribution in [0.15, 0.2) is 24.4 Å². The van der Waals surface area contributed by atoms with E-state index in [4.69, 9.17) is 0 Å². The molecule has 7 nitrogen and oxygen atoms in total. The van der Waals surface area contributed by atoms with Crippen LogP contribution in [0.1, 0.15) is 5.56 Å². The molecule has 3 rings (SSSR count). The standard InChI is InChI=1S/C13H7F4N5O2/c14-7-3-8(15)13(17)6(12(7)16)4-18-9-1-2-10-19-5-11(22(23)24)21(10)20-9/h1-3,5H,4H2,(H,18,20). The summed E-state index contributed by atoms with van der Waals surface area (Å²) in [6.07, 6.45) is 0.993. The van der Waals surface area contributed by atoms with Crippen LogP contribution < -0.4 is 5.32 Å². The van der Waals surface area contributed by atoms with Crippen LogP contribution in [-0.2, 0) is 6.54 Å². The number of hydrogen-bond acceptors (Lipinski definition) is 5. The van der Waals surface area contributed by atoms with E-state index in [0.717, 1.165) is 10.7 Å².